The Hall–Kier alpha value is -1.40. The zero-order chi connectivity index (χ0) is 14.7. The number of anilines is 1. The van der Waals surface area contributed by atoms with E-state index in [1.807, 2.05) is 6.92 Å². The Morgan fingerprint density at radius 2 is 2.00 bits per heavy atom. The lowest BCUT2D eigenvalue weighted by Gasteiger charge is -2.27. The van der Waals surface area contributed by atoms with Gasteiger partial charge in [0.1, 0.15) is 17.3 Å². The van der Waals surface area contributed by atoms with Crippen molar-refractivity contribution in [1.29, 1.82) is 0 Å². The van der Waals surface area contributed by atoms with Gasteiger partial charge >= 0.3 is 0 Å². The monoisotopic (exact) mass is 296 g/mol. The van der Waals surface area contributed by atoms with E-state index in [1.54, 1.807) is 4.52 Å². The van der Waals surface area contributed by atoms with Gasteiger partial charge in [0.2, 0.25) is 0 Å². The maximum Gasteiger partial charge on any atom is 0.255 e. The third kappa shape index (κ3) is 3.02. The first-order chi connectivity index (χ1) is 9.54. The van der Waals surface area contributed by atoms with Crippen molar-refractivity contribution in [3.05, 3.63) is 17.0 Å². The molecule has 0 radical (unpaired) electrons. The predicted octanol–water partition coefficient (Wildman–Crippen LogP) is 1.86. The summed E-state index contributed by atoms with van der Waals surface area (Å²) in [5.74, 6) is 1.53. The van der Waals surface area contributed by atoms with E-state index < -0.39 is 0 Å². The molecule has 0 unspecified atom stereocenters. The molecule has 0 N–H and O–H groups in total. The lowest BCUT2D eigenvalue weighted by Crippen LogP contribution is -2.34. The van der Waals surface area contributed by atoms with Gasteiger partial charge in [0.25, 0.3) is 5.78 Å². The molecule has 110 valence electrons. The molecule has 2 heterocycles. The summed E-state index contributed by atoms with van der Waals surface area (Å²) in [4.78, 5) is 12.9. The molecular formula is C13H21ClN6. The fraction of sp³-hybridized carbons (Fsp3) is 0.615. The summed E-state index contributed by atoms with van der Waals surface area (Å²) >= 11 is 6.23. The van der Waals surface area contributed by atoms with Crippen LogP contribution in [0.2, 0.25) is 5.15 Å². The molecule has 0 saturated carbocycles. The second-order valence-corrected chi connectivity index (χ2v) is 5.47. The Morgan fingerprint density at radius 3 is 2.65 bits per heavy atom. The normalized spacial score (nSPS) is 11.5. The van der Waals surface area contributed by atoms with Crippen LogP contribution in [0.25, 0.3) is 5.78 Å². The minimum atomic E-state index is 0.492. The van der Waals surface area contributed by atoms with Crippen LogP contribution in [-0.2, 0) is 0 Å². The molecule has 0 aliphatic heterocycles. The Kier molecular flexibility index (Phi) is 4.77. The van der Waals surface area contributed by atoms with Crippen molar-refractivity contribution in [2.75, 3.05) is 38.6 Å². The van der Waals surface area contributed by atoms with E-state index in [0.29, 0.717) is 10.9 Å². The van der Waals surface area contributed by atoms with Crippen LogP contribution >= 0.6 is 11.6 Å². The fourth-order valence-corrected chi connectivity index (χ4v) is 2.33. The molecule has 0 bridgehead atoms. The molecule has 2 aromatic heterocycles. The summed E-state index contributed by atoms with van der Waals surface area (Å²) < 4.78 is 1.77. The van der Waals surface area contributed by atoms with Gasteiger partial charge in [-0.3, -0.25) is 0 Å². The van der Waals surface area contributed by atoms with Crippen molar-refractivity contribution in [1.82, 2.24) is 24.5 Å². The molecule has 0 aliphatic rings. The van der Waals surface area contributed by atoms with Crippen LogP contribution in [0.3, 0.4) is 0 Å². The molecule has 20 heavy (non-hydrogen) atoms. The number of aromatic nitrogens is 4. The summed E-state index contributed by atoms with van der Waals surface area (Å²) in [6.07, 6.45) is 2.57. The molecule has 0 fully saturated rings. The first-order valence-electron chi connectivity index (χ1n) is 6.80. The van der Waals surface area contributed by atoms with Gasteiger partial charge in [0.05, 0.1) is 0 Å². The number of nitrogens with zero attached hydrogens (tertiary/aromatic N) is 6. The van der Waals surface area contributed by atoms with E-state index in [4.69, 9.17) is 11.6 Å². The van der Waals surface area contributed by atoms with E-state index in [1.165, 1.54) is 6.33 Å². The van der Waals surface area contributed by atoms with Crippen LogP contribution in [0.4, 0.5) is 5.82 Å². The second-order valence-electron chi connectivity index (χ2n) is 5.11. The van der Waals surface area contributed by atoms with Gasteiger partial charge in [0.15, 0.2) is 0 Å². The number of fused-ring (bicyclic) bond motifs is 1. The van der Waals surface area contributed by atoms with Crippen LogP contribution in [0.5, 0.6) is 0 Å². The quantitative estimate of drug-likeness (QED) is 0.762. The molecule has 2 rings (SSSR count). The molecule has 0 aliphatic carbocycles. The Bertz CT molecular complexity index is 579. The zero-order valence-corrected chi connectivity index (χ0v) is 13.2. The Morgan fingerprint density at radius 1 is 1.25 bits per heavy atom. The Labute approximate surface area is 124 Å². The molecule has 0 atom stereocenters. The van der Waals surface area contributed by atoms with E-state index >= 15 is 0 Å². The highest BCUT2D eigenvalue weighted by molar-refractivity contribution is 6.30. The topological polar surface area (TPSA) is 49.6 Å². The van der Waals surface area contributed by atoms with Gasteiger partial charge in [-0.05, 0) is 27.4 Å². The second kappa shape index (κ2) is 6.37. The maximum atomic E-state index is 6.23. The van der Waals surface area contributed by atoms with Crippen LogP contribution in [0.1, 0.15) is 18.9 Å². The van der Waals surface area contributed by atoms with Gasteiger partial charge in [-0.15, -0.1) is 0 Å². The van der Waals surface area contributed by atoms with Crippen molar-refractivity contribution in [2.45, 2.75) is 20.3 Å². The molecular weight excluding hydrogens is 276 g/mol. The van der Waals surface area contributed by atoms with Crippen LogP contribution in [0.15, 0.2) is 6.33 Å². The number of likely N-dealkylation sites (N-methyl/N-ethyl adjacent to an activating group) is 1. The van der Waals surface area contributed by atoms with Crippen molar-refractivity contribution in [3.8, 4) is 0 Å². The lowest BCUT2D eigenvalue weighted by atomic mass is 10.3. The van der Waals surface area contributed by atoms with E-state index in [0.717, 1.165) is 37.4 Å². The van der Waals surface area contributed by atoms with E-state index in [2.05, 4.69) is 45.9 Å². The van der Waals surface area contributed by atoms with Crippen LogP contribution in [0, 0.1) is 6.92 Å². The molecule has 0 saturated heterocycles. The summed E-state index contributed by atoms with van der Waals surface area (Å²) in [5.41, 5.74) is 0.942. The highest BCUT2D eigenvalue weighted by Crippen LogP contribution is 2.25. The number of hydrogen-bond donors (Lipinski definition) is 0. The number of hydrogen-bond acceptors (Lipinski definition) is 5. The predicted molar refractivity (Wildman–Crippen MR) is 81.6 cm³/mol. The Balaban J connectivity index is 2.45. The third-order valence-corrected chi connectivity index (χ3v) is 3.55. The smallest absolute Gasteiger partial charge is 0.255 e. The average molecular weight is 297 g/mol. The largest absolute Gasteiger partial charge is 0.355 e. The maximum absolute atomic E-state index is 6.23. The molecule has 0 amide bonds. The highest BCUT2D eigenvalue weighted by Gasteiger charge is 2.18. The average Bonchev–Trinajstić information content (AvgIpc) is 2.84. The molecule has 7 heteroatoms. The van der Waals surface area contributed by atoms with Crippen molar-refractivity contribution >= 4 is 23.2 Å². The molecule has 0 aromatic carbocycles. The molecule has 0 spiro atoms. The number of rotatable bonds is 6. The summed E-state index contributed by atoms with van der Waals surface area (Å²) in [6.45, 7) is 6.97. The summed E-state index contributed by atoms with van der Waals surface area (Å²) in [5, 5.41) is 4.77. The first-order valence-corrected chi connectivity index (χ1v) is 7.18. The van der Waals surface area contributed by atoms with Gasteiger partial charge < -0.3 is 9.80 Å². The van der Waals surface area contributed by atoms with Crippen LogP contribution < -0.4 is 4.90 Å². The third-order valence-electron chi connectivity index (χ3n) is 3.18. The van der Waals surface area contributed by atoms with Crippen molar-refractivity contribution in [3.63, 3.8) is 0 Å². The zero-order valence-electron chi connectivity index (χ0n) is 12.5. The van der Waals surface area contributed by atoms with Crippen molar-refractivity contribution in [2.24, 2.45) is 0 Å². The molecule has 6 nitrogen and oxygen atoms in total. The van der Waals surface area contributed by atoms with Crippen molar-refractivity contribution < 1.29 is 0 Å². The minimum absolute atomic E-state index is 0.492. The lowest BCUT2D eigenvalue weighted by molar-refractivity contribution is 0.412. The minimum Gasteiger partial charge on any atom is -0.355 e. The van der Waals surface area contributed by atoms with Gasteiger partial charge in [-0.2, -0.15) is 19.6 Å². The van der Waals surface area contributed by atoms with Gasteiger partial charge in [-0.1, -0.05) is 18.5 Å². The van der Waals surface area contributed by atoms with Gasteiger partial charge in [-0.25, -0.2) is 0 Å². The first kappa shape index (κ1) is 15.0. The summed E-state index contributed by atoms with van der Waals surface area (Å²) in [7, 11) is 4.14. The van der Waals surface area contributed by atoms with E-state index in [9.17, 15) is 0 Å². The highest BCUT2D eigenvalue weighted by atomic mass is 35.5. The summed E-state index contributed by atoms with van der Waals surface area (Å²) in [6, 6.07) is 0. The standard InChI is InChI=1S/C13H21ClN6/c1-5-6-19(8-7-18(3)4)12-10(2)11(14)17-13-15-9-16-20(12)13/h9H,5-8H2,1-4H3. The molecule has 2 aromatic rings. The van der Waals surface area contributed by atoms with E-state index in [-0.39, 0.29) is 0 Å². The fourth-order valence-electron chi connectivity index (χ4n) is 2.17. The SMILES string of the molecule is CCCN(CCN(C)C)c1c(C)c(Cl)nc2ncnn12. The van der Waals surface area contributed by atoms with Crippen LogP contribution in [-0.4, -0.2) is 58.2 Å². The number of halogens is 1. The van der Waals surface area contributed by atoms with Gasteiger partial charge in [0, 0.05) is 25.2 Å².